The third-order valence-corrected chi connectivity index (χ3v) is 3.36. The number of hydrogen-bond acceptors (Lipinski definition) is 4. The Morgan fingerprint density at radius 1 is 0.955 bits per heavy atom. The van der Waals surface area contributed by atoms with Gasteiger partial charge in [0.05, 0.1) is 12.9 Å². The zero-order valence-corrected chi connectivity index (χ0v) is 11.7. The lowest BCUT2D eigenvalue weighted by molar-refractivity contribution is 0.662. The Labute approximate surface area is 127 Å². The van der Waals surface area contributed by atoms with E-state index in [-0.39, 0.29) is 11.4 Å². The molecule has 0 spiro atoms. The van der Waals surface area contributed by atoms with Crippen LogP contribution in [0.25, 0.3) is 0 Å². The zero-order valence-electron chi connectivity index (χ0n) is 11.7. The summed E-state index contributed by atoms with van der Waals surface area (Å²) in [4.78, 5) is 8.28. The number of hydrogen-bond donors (Lipinski definition) is 0. The van der Waals surface area contributed by atoms with E-state index in [9.17, 15) is 0 Å². The first kappa shape index (κ1) is 13.6. The molecule has 0 saturated carbocycles. The molecule has 2 aromatic heterocycles. The predicted molar refractivity (Wildman–Crippen MR) is 78.5 cm³/mol. The largest absolute Gasteiger partial charge is 0.329 e. The Hall–Kier alpha value is -3.38. The van der Waals surface area contributed by atoms with Crippen molar-refractivity contribution in [2.45, 2.75) is 13.1 Å². The zero-order chi connectivity index (χ0) is 15.4. The van der Waals surface area contributed by atoms with Crippen molar-refractivity contribution in [3.63, 3.8) is 0 Å². The van der Waals surface area contributed by atoms with E-state index in [1.165, 1.54) is 11.9 Å². The molecule has 0 aliphatic carbocycles. The standard InChI is InChI=1S/C16H12N6/c17-8-14-15(9-18)22(12-20-14)11-16-19-6-7-21(16)10-13-4-2-1-3-5-13/h1-7,12H,10-11H2. The van der Waals surface area contributed by atoms with Crippen LogP contribution in [0.5, 0.6) is 0 Å². The molecule has 106 valence electrons. The lowest BCUT2D eigenvalue weighted by Crippen LogP contribution is -2.10. The fraction of sp³-hybridized carbons (Fsp3) is 0.125. The summed E-state index contributed by atoms with van der Waals surface area (Å²) in [5.74, 6) is 0.808. The molecule has 3 aromatic rings. The van der Waals surface area contributed by atoms with E-state index in [1.54, 1.807) is 10.8 Å². The fourth-order valence-corrected chi connectivity index (χ4v) is 2.27. The highest BCUT2D eigenvalue weighted by Crippen LogP contribution is 2.10. The van der Waals surface area contributed by atoms with Gasteiger partial charge in [-0.3, -0.25) is 0 Å². The lowest BCUT2D eigenvalue weighted by atomic mass is 10.2. The first-order valence-corrected chi connectivity index (χ1v) is 6.71. The number of rotatable bonds is 4. The van der Waals surface area contributed by atoms with Crippen LogP contribution in [0.1, 0.15) is 22.8 Å². The van der Waals surface area contributed by atoms with Gasteiger partial charge in [-0.15, -0.1) is 0 Å². The highest BCUT2D eigenvalue weighted by atomic mass is 15.1. The molecule has 0 bridgehead atoms. The van der Waals surface area contributed by atoms with Gasteiger partial charge in [0.15, 0.2) is 11.4 Å². The Morgan fingerprint density at radius 2 is 1.77 bits per heavy atom. The van der Waals surface area contributed by atoms with E-state index in [0.29, 0.717) is 13.1 Å². The van der Waals surface area contributed by atoms with Gasteiger partial charge >= 0.3 is 0 Å². The van der Waals surface area contributed by atoms with Crippen LogP contribution in [0.3, 0.4) is 0 Å². The van der Waals surface area contributed by atoms with Crippen LogP contribution in [0.2, 0.25) is 0 Å². The lowest BCUT2D eigenvalue weighted by Gasteiger charge is -2.09. The Morgan fingerprint density at radius 3 is 2.50 bits per heavy atom. The van der Waals surface area contributed by atoms with Crippen molar-refractivity contribution in [2.75, 3.05) is 0 Å². The summed E-state index contributed by atoms with van der Waals surface area (Å²) >= 11 is 0. The first-order chi connectivity index (χ1) is 10.8. The van der Waals surface area contributed by atoms with Crippen LogP contribution in [0.15, 0.2) is 49.1 Å². The molecule has 0 atom stereocenters. The third-order valence-electron chi connectivity index (χ3n) is 3.36. The molecule has 0 fully saturated rings. The SMILES string of the molecule is N#Cc1ncn(Cc2nccn2Cc2ccccc2)c1C#N. The minimum atomic E-state index is 0.142. The Bertz CT molecular complexity index is 860. The summed E-state index contributed by atoms with van der Waals surface area (Å²) in [5, 5.41) is 18.1. The van der Waals surface area contributed by atoms with Crippen LogP contribution < -0.4 is 0 Å². The van der Waals surface area contributed by atoms with Gasteiger partial charge in [0.1, 0.15) is 18.0 Å². The normalized spacial score (nSPS) is 10.1. The van der Waals surface area contributed by atoms with E-state index in [1.807, 2.05) is 41.1 Å². The fourth-order valence-electron chi connectivity index (χ4n) is 2.27. The molecule has 6 heteroatoms. The van der Waals surface area contributed by atoms with Crippen molar-refractivity contribution in [2.24, 2.45) is 0 Å². The number of benzene rings is 1. The smallest absolute Gasteiger partial charge is 0.176 e. The van der Waals surface area contributed by atoms with Crippen molar-refractivity contribution in [1.82, 2.24) is 19.1 Å². The maximum Gasteiger partial charge on any atom is 0.176 e. The average molecular weight is 288 g/mol. The quantitative estimate of drug-likeness (QED) is 0.734. The minimum absolute atomic E-state index is 0.142. The molecule has 0 aliphatic heterocycles. The topological polar surface area (TPSA) is 83.2 Å². The molecule has 6 nitrogen and oxygen atoms in total. The van der Waals surface area contributed by atoms with E-state index < -0.39 is 0 Å². The number of nitrogens with zero attached hydrogens (tertiary/aromatic N) is 6. The van der Waals surface area contributed by atoms with Gasteiger partial charge in [0.2, 0.25) is 0 Å². The molecule has 0 radical (unpaired) electrons. The molecule has 0 saturated heterocycles. The Kier molecular flexibility index (Phi) is 3.67. The van der Waals surface area contributed by atoms with E-state index >= 15 is 0 Å². The highest BCUT2D eigenvalue weighted by Gasteiger charge is 2.12. The predicted octanol–water partition coefficient (Wildman–Crippen LogP) is 1.92. The number of imidazole rings is 2. The van der Waals surface area contributed by atoms with Gasteiger partial charge in [-0.1, -0.05) is 30.3 Å². The molecule has 0 aliphatic rings. The summed E-state index contributed by atoms with van der Waals surface area (Å²) < 4.78 is 3.66. The van der Waals surface area contributed by atoms with Gasteiger partial charge < -0.3 is 9.13 Å². The average Bonchev–Trinajstić information content (AvgIpc) is 3.15. The summed E-state index contributed by atoms with van der Waals surface area (Å²) in [6, 6.07) is 14.0. The molecule has 22 heavy (non-hydrogen) atoms. The Balaban J connectivity index is 1.86. The second-order valence-corrected chi connectivity index (χ2v) is 4.75. The van der Waals surface area contributed by atoms with E-state index in [4.69, 9.17) is 10.5 Å². The summed E-state index contributed by atoms with van der Waals surface area (Å²) in [6.45, 7) is 1.11. The minimum Gasteiger partial charge on any atom is -0.329 e. The van der Waals surface area contributed by atoms with Crippen LogP contribution >= 0.6 is 0 Å². The van der Waals surface area contributed by atoms with Gasteiger partial charge in [0, 0.05) is 18.9 Å². The van der Waals surface area contributed by atoms with E-state index in [0.717, 1.165) is 5.82 Å². The van der Waals surface area contributed by atoms with Crippen molar-refractivity contribution < 1.29 is 0 Å². The molecular formula is C16H12N6. The van der Waals surface area contributed by atoms with Gasteiger partial charge in [-0.25, -0.2) is 9.97 Å². The van der Waals surface area contributed by atoms with Crippen LogP contribution in [0, 0.1) is 22.7 Å². The van der Waals surface area contributed by atoms with Crippen molar-refractivity contribution >= 4 is 0 Å². The first-order valence-electron chi connectivity index (χ1n) is 6.71. The van der Waals surface area contributed by atoms with Gasteiger partial charge in [-0.2, -0.15) is 10.5 Å². The summed E-state index contributed by atoms with van der Waals surface area (Å²) in [6.07, 6.45) is 5.13. The van der Waals surface area contributed by atoms with Gasteiger partial charge in [-0.05, 0) is 5.56 Å². The number of nitriles is 2. The molecular weight excluding hydrogens is 276 g/mol. The van der Waals surface area contributed by atoms with E-state index in [2.05, 4.69) is 22.1 Å². The second kappa shape index (κ2) is 5.94. The molecule has 1 aromatic carbocycles. The number of aromatic nitrogens is 4. The maximum atomic E-state index is 9.16. The van der Waals surface area contributed by atoms with Crippen LogP contribution in [-0.4, -0.2) is 19.1 Å². The maximum absolute atomic E-state index is 9.16. The van der Waals surface area contributed by atoms with Crippen molar-refractivity contribution in [3.8, 4) is 12.1 Å². The summed E-state index contributed by atoms with van der Waals surface area (Å²) in [7, 11) is 0. The molecule has 3 rings (SSSR count). The monoisotopic (exact) mass is 288 g/mol. The van der Waals surface area contributed by atoms with Crippen molar-refractivity contribution in [3.05, 3.63) is 71.8 Å². The summed E-state index contributed by atoms with van der Waals surface area (Å²) in [5.41, 5.74) is 1.58. The molecule has 2 heterocycles. The van der Waals surface area contributed by atoms with Crippen molar-refractivity contribution in [1.29, 1.82) is 10.5 Å². The van der Waals surface area contributed by atoms with Crippen LogP contribution in [-0.2, 0) is 13.1 Å². The van der Waals surface area contributed by atoms with Crippen LogP contribution in [0.4, 0.5) is 0 Å². The second-order valence-electron chi connectivity index (χ2n) is 4.75. The highest BCUT2D eigenvalue weighted by molar-refractivity contribution is 5.36. The molecule has 0 N–H and O–H groups in total. The molecule has 0 unspecified atom stereocenters. The van der Waals surface area contributed by atoms with Gasteiger partial charge in [0.25, 0.3) is 0 Å². The third kappa shape index (κ3) is 2.58. The molecule has 0 amide bonds.